The molecule has 7 heteroatoms. The third-order valence-electron chi connectivity index (χ3n) is 2.38. The van der Waals surface area contributed by atoms with Crippen LogP contribution in [0.3, 0.4) is 0 Å². The lowest BCUT2D eigenvalue weighted by molar-refractivity contribution is -0.567. The maximum atomic E-state index is 10.8. The number of nitrogens with zero attached hydrogens (tertiary/aromatic N) is 5. The zero-order valence-electron chi connectivity index (χ0n) is 9.24. The van der Waals surface area contributed by atoms with Crippen molar-refractivity contribution < 1.29 is 4.92 Å². The normalized spacial score (nSPS) is 18.9. The molecule has 0 aliphatic carbocycles. The van der Waals surface area contributed by atoms with Crippen LogP contribution in [0, 0.1) is 21.6 Å². The average molecular weight is 225 g/mol. The van der Waals surface area contributed by atoms with E-state index in [4.69, 9.17) is 5.26 Å². The fourth-order valence-corrected chi connectivity index (χ4v) is 1.55. The molecule has 0 bridgehead atoms. The summed E-state index contributed by atoms with van der Waals surface area (Å²) in [4.78, 5) is 11.2. The van der Waals surface area contributed by atoms with Crippen LogP contribution < -0.4 is 0 Å². The summed E-state index contributed by atoms with van der Waals surface area (Å²) in [7, 11) is 0. The molecule has 1 rings (SSSR count). The van der Waals surface area contributed by atoms with Gasteiger partial charge in [-0.15, -0.1) is 0 Å². The molecule has 0 radical (unpaired) electrons. The number of nitriles is 1. The van der Waals surface area contributed by atoms with Gasteiger partial charge in [0.1, 0.15) is 6.34 Å². The molecule has 0 amide bonds. The fraction of sp³-hybridized carbons (Fsp3) is 0.778. The van der Waals surface area contributed by atoms with Gasteiger partial charge in [-0.1, -0.05) is 26.2 Å². The molecule has 0 fully saturated rings. The predicted molar refractivity (Wildman–Crippen MR) is 57.6 cm³/mol. The molecule has 0 aromatic heterocycles. The molecule has 0 N–H and O–H groups in total. The van der Waals surface area contributed by atoms with Crippen molar-refractivity contribution in [3.05, 3.63) is 10.1 Å². The topological polar surface area (TPSA) is 85.8 Å². The molecule has 1 aliphatic heterocycles. The molecular weight excluding hydrogens is 210 g/mol. The summed E-state index contributed by atoms with van der Waals surface area (Å²) < 4.78 is 0. The first-order valence-corrected chi connectivity index (χ1v) is 5.33. The van der Waals surface area contributed by atoms with Gasteiger partial charge in [0.25, 0.3) is 0 Å². The minimum absolute atomic E-state index is 0.504. The van der Waals surface area contributed by atoms with E-state index in [1.54, 1.807) is 6.19 Å². The van der Waals surface area contributed by atoms with Gasteiger partial charge >= 0.3 is 6.29 Å². The highest BCUT2D eigenvalue weighted by Crippen LogP contribution is 2.13. The van der Waals surface area contributed by atoms with Gasteiger partial charge in [-0.3, -0.25) is 10.1 Å². The van der Waals surface area contributed by atoms with Crippen molar-refractivity contribution in [1.29, 1.82) is 5.26 Å². The Bertz CT molecular complexity index is 312. The second-order valence-electron chi connectivity index (χ2n) is 3.59. The molecule has 1 atom stereocenters. The van der Waals surface area contributed by atoms with Gasteiger partial charge in [0.05, 0.1) is 4.92 Å². The number of hydrogen-bond donors (Lipinski definition) is 0. The van der Waals surface area contributed by atoms with Crippen LogP contribution in [0.2, 0.25) is 0 Å². The van der Waals surface area contributed by atoms with E-state index in [1.807, 2.05) is 0 Å². The third kappa shape index (κ3) is 2.82. The van der Waals surface area contributed by atoms with E-state index in [9.17, 15) is 10.1 Å². The number of unbranched alkanes of at least 4 members (excludes halogenated alkanes) is 3. The monoisotopic (exact) mass is 225 g/mol. The van der Waals surface area contributed by atoms with Crippen molar-refractivity contribution in [1.82, 2.24) is 9.91 Å². The Kier molecular flexibility index (Phi) is 4.51. The van der Waals surface area contributed by atoms with E-state index < -0.39 is 11.2 Å². The van der Waals surface area contributed by atoms with Crippen LogP contribution in [0.1, 0.15) is 32.6 Å². The van der Waals surface area contributed by atoms with E-state index in [0.29, 0.717) is 6.54 Å². The van der Waals surface area contributed by atoms with Gasteiger partial charge < -0.3 is 0 Å². The Morgan fingerprint density at radius 1 is 1.56 bits per heavy atom. The molecule has 88 valence electrons. The first-order chi connectivity index (χ1) is 7.70. The summed E-state index contributed by atoms with van der Waals surface area (Å²) in [5, 5.41) is 24.6. The van der Waals surface area contributed by atoms with Crippen molar-refractivity contribution >= 4 is 6.34 Å². The molecule has 0 aromatic rings. The lowest BCUT2D eigenvalue weighted by Crippen LogP contribution is -2.43. The molecule has 0 spiro atoms. The zero-order chi connectivity index (χ0) is 12.0. The standard InChI is InChI=1S/C9H15N5O2/c1-2-3-4-5-6-13-9(14(15)16)12(7-10)8-11-13/h8-9H,2-6H2,1H3. The summed E-state index contributed by atoms with van der Waals surface area (Å²) >= 11 is 0. The highest BCUT2D eigenvalue weighted by atomic mass is 16.6. The van der Waals surface area contributed by atoms with Crippen LogP contribution in [0.15, 0.2) is 5.10 Å². The highest BCUT2D eigenvalue weighted by molar-refractivity contribution is 5.58. The van der Waals surface area contributed by atoms with E-state index in [-0.39, 0.29) is 0 Å². The number of hydrogen-bond acceptors (Lipinski definition) is 6. The molecule has 1 aliphatic rings. The molecule has 7 nitrogen and oxygen atoms in total. The van der Waals surface area contributed by atoms with E-state index in [2.05, 4.69) is 12.0 Å². The Labute approximate surface area is 94.1 Å². The van der Waals surface area contributed by atoms with E-state index in [0.717, 1.165) is 30.6 Å². The first kappa shape index (κ1) is 12.2. The highest BCUT2D eigenvalue weighted by Gasteiger charge is 2.37. The number of hydrazone groups is 1. The Hall–Kier alpha value is -1.84. The summed E-state index contributed by atoms with van der Waals surface area (Å²) in [5.41, 5.74) is 0. The smallest absolute Gasteiger partial charge is 0.261 e. The van der Waals surface area contributed by atoms with Crippen molar-refractivity contribution in [3.8, 4) is 6.19 Å². The second-order valence-corrected chi connectivity index (χ2v) is 3.59. The van der Waals surface area contributed by atoms with Crippen molar-refractivity contribution in [2.45, 2.75) is 38.9 Å². The molecule has 0 aromatic carbocycles. The van der Waals surface area contributed by atoms with Gasteiger partial charge in [0.15, 0.2) is 6.19 Å². The van der Waals surface area contributed by atoms with Crippen LogP contribution in [-0.2, 0) is 0 Å². The lowest BCUT2D eigenvalue weighted by Gasteiger charge is -2.18. The quantitative estimate of drug-likeness (QED) is 0.293. The van der Waals surface area contributed by atoms with Crippen molar-refractivity contribution in [2.24, 2.45) is 5.10 Å². The SMILES string of the molecule is CCCCCCN1N=CN(C#N)C1[N+](=O)[O-]. The molecule has 16 heavy (non-hydrogen) atoms. The third-order valence-corrected chi connectivity index (χ3v) is 2.38. The van der Waals surface area contributed by atoms with Gasteiger partial charge in [-0.25, -0.2) is 5.01 Å². The maximum Gasteiger partial charge on any atom is 0.396 e. The zero-order valence-corrected chi connectivity index (χ0v) is 9.24. The summed E-state index contributed by atoms with van der Waals surface area (Å²) in [6.07, 6.45) is 5.88. The summed E-state index contributed by atoms with van der Waals surface area (Å²) in [6, 6.07) is 0. The van der Waals surface area contributed by atoms with Gasteiger partial charge in [-0.05, 0) is 6.42 Å². The Morgan fingerprint density at radius 3 is 2.88 bits per heavy atom. The minimum Gasteiger partial charge on any atom is -0.261 e. The molecule has 0 saturated carbocycles. The minimum atomic E-state index is -1.16. The molecule has 1 heterocycles. The average Bonchev–Trinajstić information content (AvgIpc) is 2.67. The predicted octanol–water partition coefficient (Wildman–Crippen LogP) is 1.17. The molecular formula is C9H15N5O2. The first-order valence-electron chi connectivity index (χ1n) is 5.33. The Balaban J connectivity index is 2.44. The van der Waals surface area contributed by atoms with Crippen LogP contribution in [0.25, 0.3) is 0 Å². The molecule has 0 saturated heterocycles. The number of rotatable bonds is 6. The van der Waals surface area contributed by atoms with E-state index in [1.165, 1.54) is 11.3 Å². The van der Waals surface area contributed by atoms with Gasteiger partial charge in [-0.2, -0.15) is 15.3 Å². The lowest BCUT2D eigenvalue weighted by atomic mass is 10.2. The van der Waals surface area contributed by atoms with Crippen LogP contribution in [-0.4, -0.2) is 34.0 Å². The maximum absolute atomic E-state index is 10.8. The van der Waals surface area contributed by atoms with Gasteiger partial charge in [0.2, 0.25) is 0 Å². The number of nitro groups is 1. The van der Waals surface area contributed by atoms with Crippen LogP contribution >= 0.6 is 0 Å². The fourth-order valence-electron chi connectivity index (χ4n) is 1.55. The van der Waals surface area contributed by atoms with Crippen molar-refractivity contribution in [2.75, 3.05) is 6.54 Å². The van der Waals surface area contributed by atoms with E-state index >= 15 is 0 Å². The summed E-state index contributed by atoms with van der Waals surface area (Å²) in [5.74, 6) is 0. The van der Waals surface area contributed by atoms with Crippen molar-refractivity contribution in [3.63, 3.8) is 0 Å². The van der Waals surface area contributed by atoms with Crippen LogP contribution in [0.5, 0.6) is 0 Å². The second kappa shape index (κ2) is 5.90. The Morgan fingerprint density at radius 2 is 2.31 bits per heavy atom. The summed E-state index contributed by atoms with van der Waals surface area (Å²) in [6.45, 7) is 2.62. The van der Waals surface area contributed by atoms with Gasteiger partial charge in [0, 0.05) is 6.54 Å². The molecule has 1 unspecified atom stereocenters. The largest absolute Gasteiger partial charge is 0.396 e. The van der Waals surface area contributed by atoms with Crippen LogP contribution in [0.4, 0.5) is 0 Å².